The number of hydrogen-bond donors (Lipinski definition) is 0. The van der Waals surface area contributed by atoms with Crippen LogP contribution in [0.15, 0.2) is 18.2 Å². The molecule has 7 nitrogen and oxygen atoms in total. The normalized spacial score (nSPS) is 20.7. The third kappa shape index (κ3) is 3.81. The third-order valence-electron chi connectivity index (χ3n) is 4.60. The van der Waals surface area contributed by atoms with Crippen molar-refractivity contribution in [3.8, 4) is 0 Å². The van der Waals surface area contributed by atoms with Crippen molar-refractivity contribution in [2.75, 3.05) is 19.7 Å². The van der Waals surface area contributed by atoms with Crippen molar-refractivity contribution < 1.29 is 14.3 Å². The number of benzene rings is 1. The molecular formula is C18H24N4O3. The minimum absolute atomic E-state index is 0.134. The lowest BCUT2D eigenvalue weighted by atomic mass is 9.92. The third-order valence-corrected chi connectivity index (χ3v) is 4.60. The van der Waals surface area contributed by atoms with E-state index in [0.717, 1.165) is 25.0 Å². The largest absolute Gasteiger partial charge is 0.452 e. The van der Waals surface area contributed by atoms with E-state index in [-0.39, 0.29) is 12.5 Å². The second kappa shape index (κ2) is 7.21. The molecule has 0 spiro atoms. The van der Waals surface area contributed by atoms with Gasteiger partial charge in [0.05, 0.1) is 11.1 Å². The monoisotopic (exact) mass is 344 g/mol. The Hall–Kier alpha value is -2.44. The molecule has 0 N–H and O–H groups in total. The van der Waals surface area contributed by atoms with Crippen LogP contribution in [0.5, 0.6) is 0 Å². The Labute approximate surface area is 146 Å². The Bertz CT molecular complexity index is 776. The molecule has 0 radical (unpaired) electrons. The van der Waals surface area contributed by atoms with Crippen molar-refractivity contribution in [3.05, 3.63) is 23.8 Å². The van der Waals surface area contributed by atoms with Gasteiger partial charge in [-0.25, -0.2) is 9.48 Å². The van der Waals surface area contributed by atoms with E-state index in [2.05, 4.69) is 24.2 Å². The maximum absolute atomic E-state index is 12.3. The summed E-state index contributed by atoms with van der Waals surface area (Å²) in [5, 5.41) is 8.07. The van der Waals surface area contributed by atoms with Gasteiger partial charge in [-0.3, -0.25) is 4.79 Å². The maximum Gasteiger partial charge on any atom is 0.338 e. The summed E-state index contributed by atoms with van der Waals surface area (Å²) in [5.74, 6) is 0.308. The van der Waals surface area contributed by atoms with Gasteiger partial charge in [0.15, 0.2) is 6.61 Å². The molecule has 25 heavy (non-hydrogen) atoms. The highest BCUT2D eigenvalue weighted by atomic mass is 16.5. The number of nitrogens with zero attached hydrogens (tertiary/aromatic N) is 4. The van der Waals surface area contributed by atoms with E-state index in [1.807, 2.05) is 6.92 Å². The zero-order chi connectivity index (χ0) is 18.0. The summed E-state index contributed by atoms with van der Waals surface area (Å²) in [6.07, 6.45) is 1.13. The van der Waals surface area contributed by atoms with Gasteiger partial charge in [0, 0.05) is 19.6 Å². The van der Waals surface area contributed by atoms with Crippen molar-refractivity contribution in [1.29, 1.82) is 0 Å². The average Bonchev–Trinajstić information content (AvgIpc) is 3.00. The maximum atomic E-state index is 12.3. The van der Waals surface area contributed by atoms with Crippen LogP contribution in [0.2, 0.25) is 0 Å². The standard InChI is InChI=1S/C18H24N4O3/c1-4-22-16-6-5-14(8-15(16)19-20-22)18(24)25-11-17(23)21-9-12(2)7-13(3)10-21/h5-6,8,12-13H,4,7,9-11H2,1-3H3/t12-,13-/m1/s1. The Balaban J connectivity index is 1.61. The van der Waals surface area contributed by atoms with Crippen molar-refractivity contribution in [2.24, 2.45) is 11.8 Å². The van der Waals surface area contributed by atoms with Gasteiger partial charge >= 0.3 is 5.97 Å². The average molecular weight is 344 g/mol. The lowest BCUT2D eigenvalue weighted by Crippen LogP contribution is -2.44. The summed E-state index contributed by atoms with van der Waals surface area (Å²) >= 11 is 0. The first-order valence-corrected chi connectivity index (χ1v) is 8.76. The number of carbonyl (C=O) groups is 2. The van der Waals surface area contributed by atoms with Gasteiger partial charge in [-0.1, -0.05) is 19.1 Å². The van der Waals surface area contributed by atoms with Crippen LogP contribution >= 0.6 is 0 Å². The fourth-order valence-corrected chi connectivity index (χ4v) is 3.50. The smallest absolute Gasteiger partial charge is 0.338 e. The lowest BCUT2D eigenvalue weighted by Gasteiger charge is -2.34. The van der Waals surface area contributed by atoms with Crippen LogP contribution in [-0.2, 0) is 16.1 Å². The SMILES string of the molecule is CCn1nnc2cc(C(=O)OCC(=O)N3C[C@H](C)C[C@@H](C)C3)ccc21. The highest BCUT2D eigenvalue weighted by Gasteiger charge is 2.26. The predicted octanol–water partition coefficient (Wildman–Crippen LogP) is 2.11. The number of ether oxygens (including phenoxy) is 1. The number of esters is 1. The number of aromatic nitrogens is 3. The Morgan fingerprint density at radius 2 is 1.96 bits per heavy atom. The van der Waals surface area contributed by atoms with Crippen molar-refractivity contribution in [2.45, 2.75) is 33.7 Å². The number of fused-ring (bicyclic) bond motifs is 1. The molecule has 1 aromatic carbocycles. The van der Waals surface area contributed by atoms with Crippen LogP contribution < -0.4 is 0 Å². The fraction of sp³-hybridized carbons (Fsp3) is 0.556. The molecule has 7 heteroatoms. The fourth-order valence-electron chi connectivity index (χ4n) is 3.50. The van der Waals surface area contributed by atoms with Crippen LogP contribution in [-0.4, -0.2) is 51.5 Å². The Kier molecular flexibility index (Phi) is 5.01. The molecule has 1 aliphatic heterocycles. The molecule has 3 rings (SSSR count). The van der Waals surface area contributed by atoms with Gasteiger partial charge < -0.3 is 9.64 Å². The van der Waals surface area contributed by atoms with Gasteiger partial charge in [0.25, 0.3) is 5.91 Å². The van der Waals surface area contributed by atoms with Crippen LogP contribution in [0.25, 0.3) is 11.0 Å². The second-order valence-corrected chi connectivity index (χ2v) is 6.93. The molecule has 1 aliphatic rings. The zero-order valence-electron chi connectivity index (χ0n) is 14.9. The van der Waals surface area contributed by atoms with Crippen LogP contribution in [0.4, 0.5) is 0 Å². The molecule has 2 aromatic rings. The molecule has 1 amide bonds. The van der Waals surface area contributed by atoms with Gasteiger partial charge in [-0.2, -0.15) is 0 Å². The highest BCUT2D eigenvalue weighted by molar-refractivity contribution is 5.94. The number of piperidine rings is 1. The van der Waals surface area contributed by atoms with Crippen LogP contribution in [0.3, 0.4) is 0 Å². The minimum atomic E-state index is -0.514. The second-order valence-electron chi connectivity index (χ2n) is 6.93. The van der Waals surface area contributed by atoms with E-state index in [1.165, 1.54) is 0 Å². The predicted molar refractivity (Wildman–Crippen MR) is 93.0 cm³/mol. The molecule has 2 atom stereocenters. The summed E-state index contributed by atoms with van der Waals surface area (Å²) in [5.41, 5.74) is 1.89. The number of carbonyl (C=O) groups excluding carboxylic acids is 2. The first kappa shape index (κ1) is 17.4. The van der Waals surface area contributed by atoms with E-state index in [4.69, 9.17) is 4.74 Å². The molecule has 1 aromatic heterocycles. The molecule has 0 unspecified atom stereocenters. The summed E-state index contributed by atoms with van der Waals surface area (Å²) in [6.45, 7) is 8.20. The van der Waals surface area contributed by atoms with Crippen molar-refractivity contribution in [1.82, 2.24) is 19.9 Å². The summed E-state index contributed by atoms with van der Waals surface area (Å²) in [6, 6.07) is 5.12. The zero-order valence-corrected chi connectivity index (χ0v) is 14.9. The van der Waals surface area contributed by atoms with E-state index < -0.39 is 5.97 Å². The van der Waals surface area contributed by atoms with Crippen molar-refractivity contribution >= 4 is 22.9 Å². The summed E-state index contributed by atoms with van der Waals surface area (Å²) in [7, 11) is 0. The quantitative estimate of drug-likeness (QED) is 0.794. The number of rotatable bonds is 4. The minimum Gasteiger partial charge on any atom is -0.452 e. The highest BCUT2D eigenvalue weighted by Crippen LogP contribution is 2.21. The van der Waals surface area contributed by atoms with E-state index in [9.17, 15) is 9.59 Å². The van der Waals surface area contributed by atoms with E-state index in [0.29, 0.717) is 29.5 Å². The topological polar surface area (TPSA) is 77.3 Å². The number of amides is 1. The molecule has 0 bridgehead atoms. The molecule has 1 saturated heterocycles. The first-order valence-electron chi connectivity index (χ1n) is 8.76. The van der Waals surface area contributed by atoms with Gasteiger partial charge in [0.1, 0.15) is 5.52 Å². The Morgan fingerprint density at radius 1 is 1.24 bits per heavy atom. The van der Waals surface area contributed by atoms with Crippen LogP contribution in [0, 0.1) is 11.8 Å². The van der Waals surface area contributed by atoms with Gasteiger partial charge in [-0.15, -0.1) is 5.10 Å². The summed E-state index contributed by atoms with van der Waals surface area (Å²) < 4.78 is 6.97. The first-order chi connectivity index (χ1) is 12.0. The molecule has 1 fully saturated rings. The lowest BCUT2D eigenvalue weighted by molar-refractivity contribution is -0.137. The molecule has 0 aliphatic carbocycles. The molecule has 134 valence electrons. The Morgan fingerprint density at radius 3 is 2.64 bits per heavy atom. The van der Waals surface area contributed by atoms with Gasteiger partial charge in [0.2, 0.25) is 0 Å². The summed E-state index contributed by atoms with van der Waals surface area (Å²) in [4.78, 5) is 26.3. The van der Waals surface area contributed by atoms with E-state index in [1.54, 1.807) is 27.8 Å². The van der Waals surface area contributed by atoms with E-state index >= 15 is 0 Å². The molecule has 2 heterocycles. The van der Waals surface area contributed by atoms with Crippen LogP contribution in [0.1, 0.15) is 37.6 Å². The number of hydrogen-bond acceptors (Lipinski definition) is 5. The van der Waals surface area contributed by atoms with Gasteiger partial charge in [-0.05, 0) is 43.4 Å². The number of aryl methyl sites for hydroxylation is 1. The molecular weight excluding hydrogens is 320 g/mol. The molecule has 0 saturated carbocycles. The number of likely N-dealkylation sites (tertiary alicyclic amines) is 1. The van der Waals surface area contributed by atoms with Crippen molar-refractivity contribution in [3.63, 3.8) is 0 Å².